The Morgan fingerprint density at radius 1 is 1.31 bits per heavy atom. The van der Waals surface area contributed by atoms with Crippen LogP contribution >= 0.6 is 11.3 Å². The first-order valence-corrected chi connectivity index (χ1v) is 10.4. The Bertz CT molecular complexity index is 597. The molecule has 3 rings (SSSR count). The average Bonchev–Trinajstić information content (AvgIpc) is 3.25. The van der Waals surface area contributed by atoms with E-state index < -0.39 is 0 Å². The highest BCUT2D eigenvalue weighted by Crippen LogP contribution is 2.20. The molecule has 2 amide bonds. The molecule has 2 aliphatic heterocycles. The molecule has 144 valence electrons. The summed E-state index contributed by atoms with van der Waals surface area (Å²) in [5.74, 6) is 0.0392. The Kier molecular flexibility index (Phi) is 6.67. The molecule has 0 aliphatic carbocycles. The number of carbonyl (C=O) groups is 2. The van der Waals surface area contributed by atoms with Gasteiger partial charge in [0.2, 0.25) is 11.8 Å². The summed E-state index contributed by atoms with van der Waals surface area (Å²) < 4.78 is 5.74. The maximum Gasteiger partial charge on any atom is 0.242 e. The van der Waals surface area contributed by atoms with Gasteiger partial charge in [-0.2, -0.15) is 0 Å². The number of likely N-dealkylation sites (tertiary alicyclic amines) is 1. The lowest BCUT2D eigenvalue weighted by atomic mass is 10.2. The van der Waals surface area contributed by atoms with Gasteiger partial charge in [-0.1, -0.05) is 6.07 Å². The Morgan fingerprint density at radius 2 is 2.08 bits per heavy atom. The first-order chi connectivity index (χ1) is 12.5. The second-order valence-corrected chi connectivity index (χ2v) is 8.34. The van der Waals surface area contributed by atoms with Crippen molar-refractivity contribution in [2.24, 2.45) is 0 Å². The molecule has 1 aromatic rings. The van der Waals surface area contributed by atoms with Crippen molar-refractivity contribution in [2.75, 3.05) is 32.7 Å². The van der Waals surface area contributed by atoms with Gasteiger partial charge in [0.25, 0.3) is 0 Å². The molecule has 3 heterocycles. The Hall–Kier alpha value is -1.44. The van der Waals surface area contributed by atoms with Crippen LogP contribution in [0.2, 0.25) is 0 Å². The molecule has 0 bridgehead atoms. The van der Waals surface area contributed by atoms with Crippen LogP contribution in [0.15, 0.2) is 17.5 Å². The van der Waals surface area contributed by atoms with Crippen molar-refractivity contribution < 1.29 is 14.3 Å². The second kappa shape index (κ2) is 8.97. The number of carbonyl (C=O) groups excluding carboxylic acids is 2. The van der Waals surface area contributed by atoms with E-state index in [9.17, 15) is 9.59 Å². The van der Waals surface area contributed by atoms with Gasteiger partial charge >= 0.3 is 0 Å². The Morgan fingerprint density at radius 3 is 2.77 bits per heavy atom. The van der Waals surface area contributed by atoms with Crippen molar-refractivity contribution in [1.29, 1.82) is 0 Å². The van der Waals surface area contributed by atoms with Crippen LogP contribution in [0.25, 0.3) is 0 Å². The highest BCUT2D eigenvalue weighted by Gasteiger charge is 2.34. The van der Waals surface area contributed by atoms with E-state index in [4.69, 9.17) is 4.74 Å². The van der Waals surface area contributed by atoms with Crippen LogP contribution in [0.5, 0.6) is 0 Å². The lowest BCUT2D eigenvalue weighted by Gasteiger charge is -2.35. The van der Waals surface area contributed by atoms with Crippen molar-refractivity contribution in [3.8, 4) is 0 Å². The van der Waals surface area contributed by atoms with E-state index in [1.54, 1.807) is 16.2 Å². The van der Waals surface area contributed by atoms with Gasteiger partial charge in [0.1, 0.15) is 6.04 Å². The fourth-order valence-electron chi connectivity index (χ4n) is 3.92. The molecule has 0 spiro atoms. The van der Waals surface area contributed by atoms with Crippen LogP contribution in [-0.2, 0) is 20.7 Å². The summed E-state index contributed by atoms with van der Waals surface area (Å²) in [4.78, 5) is 30.3. The maximum absolute atomic E-state index is 12.6. The summed E-state index contributed by atoms with van der Waals surface area (Å²) in [6.45, 7) is 8.07. The zero-order valence-corrected chi connectivity index (χ0v) is 16.5. The quantitative estimate of drug-likeness (QED) is 0.814. The molecule has 2 fully saturated rings. The predicted molar refractivity (Wildman–Crippen MR) is 102 cm³/mol. The molecule has 1 aromatic heterocycles. The van der Waals surface area contributed by atoms with Gasteiger partial charge in [-0.25, -0.2) is 0 Å². The third kappa shape index (κ3) is 5.05. The van der Waals surface area contributed by atoms with E-state index in [0.717, 1.165) is 37.4 Å². The third-order valence-corrected chi connectivity index (χ3v) is 5.88. The van der Waals surface area contributed by atoms with Gasteiger partial charge in [-0.05, 0) is 38.1 Å². The van der Waals surface area contributed by atoms with E-state index in [2.05, 4.69) is 24.1 Å². The zero-order valence-electron chi connectivity index (χ0n) is 15.6. The molecule has 0 saturated carbocycles. The normalized spacial score (nSPS) is 26.8. The van der Waals surface area contributed by atoms with Crippen molar-refractivity contribution >= 4 is 23.2 Å². The lowest BCUT2D eigenvalue weighted by molar-refractivity contribution is -0.138. The fourth-order valence-corrected chi connectivity index (χ4v) is 4.62. The number of morpholine rings is 1. The number of ether oxygens (including phenoxy) is 1. The monoisotopic (exact) mass is 379 g/mol. The van der Waals surface area contributed by atoms with Crippen LogP contribution in [0.4, 0.5) is 0 Å². The summed E-state index contributed by atoms with van der Waals surface area (Å²) >= 11 is 1.59. The number of thiophene rings is 1. The van der Waals surface area contributed by atoms with Gasteiger partial charge in [0.05, 0.1) is 18.6 Å². The number of hydrogen-bond donors (Lipinski definition) is 1. The highest BCUT2D eigenvalue weighted by atomic mass is 32.1. The van der Waals surface area contributed by atoms with Crippen molar-refractivity contribution in [1.82, 2.24) is 15.1 Å². The van der Waals surface area contributed by atoms with E-state index in [1.165, 1.54) is 0 Å². The molecule has 0 aromatic carbocycles. The van der Waals surface area contributed by atoms with Crippen LogP contribution in [0.3, 0.4) is 0 Å². The smallest absolute Gasteiger partial charge is 0.242 e. The minimum atomic E-state index is -0.315. The van der Waals surface area contributed by atoms with Crippen LogP contribution in [0.1, 0.15) is 31.6 Å². The summed E-state index contributed by atoms with van der Waals surface area (Å²) in [6, 6.07) is 3.61. The van der Waals surface area contributed by atoms with Crippen LogP contribution in [0, 0.1) is 0 Å². The maximum atomic E-state index is 12.6. The molecule has 2 aliphatic rings. The highest BCUT2D eigenvalue weighted by molar-refractivity contribution is 7.10. The lowest BCUT2D eigenvalue weighted by Crippen LogP contribution is -2.50. The molecule has 3 unspecified atom stereocenters. The summed E-state index contributed by atoms with van der Waals surface area (Å²) in [6.07, 6.45) is 2.51. The molecule has 3 atom stereocenters. The van der Waals surface area contributed by atoms with Crippen LogP contribution < -0.4 is 5.32 Å². The summed E-state index contributed by atoms with van der Waals surface area (Å²) in [5.41, 5.74) is 0. The molecule has 2 saturated heterocycles. The number of rotatable bonds is 6. The molecular weight excluding hydrogens is 350 g/mol. The van der Waals surface area contributed by atoms with E-state index in [0.29, 0.717) is 19.5 Å². The summed E-state index contributed by atoms with van der Waals surface area (Å²) in [7, 11) is 0. The van der Waals surface area contributed by atoms with E-state index in [-0.39, 0.29) is 30.1 Å². The van der Waals surface area contributed by atoms with Crippen molar-refractivity contribution in [3.63, 3.8) is 0 Å². The van der Waals surface area contributed by atoms with Gasteiger partial charge in [0, 0.05) is 37.6 Å². The van der Waals surface area contributed by atoms with Crippen molar-refractivity contribution in [2.45, 2.75) is 51.4 Å². The molecular formula is C19H29N3O3S. The van der Waals surface area contributed by atoms with Crippen LogP contribution in [-0.4, -0.2) is 72.6 Å². The molecule has 6 nitrogen and oxygen atoms in total. The average molecular weight is 380 g/mol. The van der Waals surface area contributed by atoms with E-state index in [1.807, 2.05) is 17.5 Å². The molecule has 0 radical (unpaired) electrons. The minimum Gasteiger partial charge on any atom is -0.373 e. The Labute approximate surface area is 159 Å². The molecule has 1 N–H and O–H groups in total. The Balaban J connectivity index is 1.45. The first-order valence-electron chi connectivity index (χ1n) is 9.50. The largest absolute Gasteiger partial charge is 0.373 e. The van der Waals surface area contributed by atoms with Gasteiger partial charge in [-0.3, -0.25) is 14.5 Å². The number of nitrogens with one attached hydrogen (secondary N) is 1. The van der Waals surface area contributed by atoms with E-state index >= 15 is 0 Å². The SMILES string of the molecule is CC1CN(CCNC(=O)C2CCCN2C(=O)Cc2cccs2)CC(C)O1. The number of hydrogen-bond acceptors (Lipinski definition) is 5. The predicted octanol–water partition coefficient (Wildman–Crippen LogP) is 1.51. The first kappa shape index (κ1) is 19.3. The molecule has 7 heteroatoms. The second-order valence-electron chi connectivity index (χ2n) is 7.31. The molecule has 26 heavy (non-hydrogen) atoms. The topological polar surface area (TPSA) is 61.9 Å². The minimum absolute atomic E-state index is 0.0172. The third-order valence-electron chi connectivity index (χ3n) is 5.00. The van der Waals surface area contributed by atoms with Gasteiger partial charge < -0.3 is 15.0 Å². The zero-order chi connectivity index (χ0) is 18.5. The van der Waals surface area contributed by atoms with Gasteiger partial charge in [-0.15, -0.1) is 11.3 Å². The standard InChI is InChI=1S/C19H29N3O3S/c1-14-12-21(13-15(2)25-14)9-7-20-19(24)17-6-3-8-22(17)18(23)11-16-5-4-10-26-16/h4-5,10,14-15,17H,3,6-9,11-13H2,1-2H3,(H,20,24). The summed E-state index contributed by atoms with van der Waals surface area (Å²) in [5, 5.41) is 5.01. The van der Waals surface area contributed by atoms with Gasteiger partial charge in [0.15, 0.2) is 0 Å². The van der Waals surface area contributed by atoms with Crippen molar-refractivity contribution in [3.05, 3.63) is 22.4 Å². The number of nitrogens with zero attached hydrogens (tertiary/aromatic N) is 2. The number of amides is 2. The fraction of sp³-hybridized carbons (Fsp3) is 0.684.